The van der Waals surface area contributed by atoms with Gasteiger partial charge in [-0.2, -0.15) is 0 Å². The van der Waals surface area contributed by atoms with E-state index in [0.29, 0.717) is 6.04 Å². The highest BCUT2D eigenvalue weighted by Crippen LogP contribution is 2.17. The van der Waals surface area contributed by atoms with E-state index in [4.69, 9.17) is 5.73 Å². The molecule has 1 aromatic rings. The summed E-state index contributed by atoms with van der Waals surface area (Å²) in [5, 5.41) is 0. The van der Waals surface area contributed by atoms with E-state index in [2.05, 4.69) is 36.8 Å². The van der Waals surface area contributed by atoms with Gasteiger partial charge in [-0.05, 0) is 32.4 Å². The summed E-state index contributed by atoms with van der Waals surface area (Å²) in [5.41, 5.74) is 7.84. The highest BCUT2D eigenvalue weighted by molar-refractivity contribution is 5.44. The van der Waals surface area contributed by atoms with Crippen molar-refractivity contribution < 1.29 is 0 Å². The van der Waals surface area contributed by atoms with E-state index in [-0.39, 0.29) is 6.04 Å². The standard InChI is InChI=1S/C12H21N3/c1-5-9(2)15(4)11-6-7-12(10(3)13)14-8-11/h6-10H,5,13H2,1-4H3. The summed E-state index contributed by atoms with van der Waals surface area (Å²) in [4.78, 5) is 6.58. The first-order valence-corrected chi connectivity index (χ1v) is 5.50. The molecule has 0 saturated carbocycles. The van der Waals surface area contributed by atoms with Crippen LogP contribution in [-0.2, 0) is 0 Å². The number of hydrogen-bond acceptors (Lipinski definition) is 3. The summed E-state index contributed by atoms with van der Waals surface area (Å²) in [6.07, 6.45) is 3.02. The molecule has 0 bridgehead atoms. The second kappa shape index (κ2) is 5.12. The zero-order valence-electron chi connectivity index (χ0n) is 10.1. The minimum absolute atomic E-state index is 0.00737. The Morgan fingerprint density at radius 3 is 2.47 bits per heavy atom. The monoisotopic (exact) mass is 207 g/mol. The van der Waals surface area contributed by atoms with Gasteiger partial charge in [0.25, 0.3) is 0 Å². The molecule has 0 spiro atoms. The van der Waals surface area contributed by atoms with Crippen molar-refractivity contribution >= 4 is 5.69 Å². The minimum Gasteiger partial charge on any atom is -0.371 e. The third kappa shape index (κ3) is 2.93. The van der Waals surface area contributed by atoms with Crippen LogP contribution < -0.4 is 10.6 Å². The van der Waals surface area contributed by atoms with Gasteiger partial charge < -0.3 is 10.6 Å². The van der Waals surface area contributed by atoms with Gasteiger partial charge in [-0.15, -0.1) is 0 Å². The first kappa shape index (κ1) is 12.0. The lowest BCUT2D eigenvalue weighted by Crippen LogP contribution is -2.28. The van der Waals surface area contributed by atoms with Crippen molar-refractivity contribution in [1.82, 2.24) is 4.98 Å². The molecule has 0 saturated heterocycles. The third-order valence-corrected chi connectivity index (χ3v) is 2.90. The minimum atomic E-state index is 0.00737. The maximum atomic E-state index is 5.75. The maximum absolute atomic E-state index is 5.75. The molecule has 0 radical (unpaired) electrons. The second-order valence-electron chi connectivity index (χ2n) is 4.10. The molecule has 15 heavy (non-hydrogen) atoms. The van der Waals surface area contributed by atoms with E-state index in [1.54, 1.807) is 0 Å². The van der Waals surface area contributed by atoms with Gasteiger partial charge in [-0.1, -0.05) is 6.92 Å². The van der Waals surface area contributed by atoms with Gasteiger partial charge >= 0.3 is 0 Å². The molecule has 0 aliphatic heterocycles. The van der Waals surface area contributed by atoms with Crippen LogP contribution in [0.2, 0.25) is 0 Å². The molecular weight excluding hydrogens is 186 g/mol. The lowest BCUT2D eigenvalue weighted by molar-refractivity contribution is 0.662. The predicted octanol–water partition coefficient (Wildman–Crippen LogP) is 2.34. The molecule has 2 atom stereocenters. The smallest absolute Gasteiger partial charge is 0.0569 e. The number of nitrogens with zero attached hydrogens (tertiary/aromatic N) is 2. The van der Waals surface area contributed by atoms with Crippen LogP contribution in [0.15, 0.2) is 18.3 Å². The molecule has 0 aliphatic carbocycles. The van der Waals surface area contributed by atoms with E-state index in [1.165, 1.54) is 0 Å². The van der Waals surface area contributed by atoms with Crippen molar-refractivity contribution in [3.63, 3.8) is 0 Å². The summed E-state index contributed by atoms with van der Waals surface area (Å²) in [5.74, 6) is 0. The number of rotatable bonds is 4. The van der Waals surface area contributed by atoms with Crippen LogP contribution in [0, 0.1) is 0 Å². The fourth-order valence-corrected chi connectivity index (χ4v) is 1.40. The van der Waals surface area contributed by atoms with Gasteiger partial charge in [-0.25, -0.2) is 0 Å². The normalized spacial score (nSPS) is 14.7. The lowest BCUT2D eigenvalue weighted by atomic mass is 10.2. The van der Waals surface area contributed by atoms with Crippen LogP contribution >= 0.6 is 0 Å². The van der Waals surface area contributed by atoms with E-state index in [0.717, 1.165) is 17.8 Å². The van der Waals surface area contributed by atoms with Gasteiger partial charge in [0.05, 0.1) is 17.6 Å². The Morgan fingerprint density at radius 2 is 2.07 bits per heavy atom. The Hall–Kier alpha value is -1.09. The summed E-state index contributed by atoms with van der Waals surface area (Å²) >= 11 is 0. The summed E-state index contributed by atoms with van der Waals surface area (Å²) in [7, 11) is 2.09. The van der Waals surface area contributed by atoms with Crippen LogP contribution in [-0.4, -0.2) is 18.1 Å². The van der Waals surface area contributed by atoms with Crippen molar-refractivity contribution in [1.29, 1.82) is 0 Å². The molecular formula is C12H21N3. The van der Waals surface area contributed by atoms with E-state index in [9.17, 15) is 0 Å². The fourth-order valence-electron chi connectivity index (χ4n) is 1.40. The van der Waals surface area contributed by atoms with Crippen LogP contribution in [0.25, 0.3) is 0 Å². The fraction of sp³-hybridized carbons (Fsp3) is 0.583. The Labute approximate surface area is 92.3 Å². The maximum Gasteiger partial charge on any atom is 0.0569 e. The van der Waals surface area contributed by atoms with Crippen molar-refractivity contribution in [2.24, 2.45) is 5.73 Å². The number of hydrogen-bond donors (Lipinski definition) is 1. The van der Waals surface area contributed by atoms with Gasteiger partial charge in [-0.3, -0.25) is 4.98 Å². The average molecular weight is 207 g/mol. The second-order valence-corrected chi connectivity index (χ2v) is 4.10. The molecule has 0 amide bonds. The Morgan fingerprint density at radius 1 is 1.40 bits per heavy atom. The van der Waals surface area contributed by atoms with Crippen molar-refractivity contribution in [3.05, 3.63) is 24.0 Å². The number of nitrogens with two attached hydrogens (primary N) is 1. The zero-order chi connectivity index (χ0) is 11.4. The number of anilines is 1. The molecule has 3 nitrogen and oxygen atoms in total. The molecule has 84 valence electrons. The topological polar surface area (TPSA) is 42.1 Å². The highest BCUT2D eigenvalue weighted by Gasteiger charge is 2.08. The average Bonchev–Trinajstić information content (AvgIpc) is 2.27. The van der Waals surface area contributed by atoms with Crippen molar-refractivity contribution in [2.45, 2.75) is 39.3 Å². The van der Waals surface area contributed by atoms with Crippen LogP contribution in [0.1, 0.15) is 38.9 Å². The molecule has 3 heteroatoms. The van der Waals surface area contributed by atoms with Crippen molar-refractivity contribution in [2.75, 3.05) is 11.9 Å². The van der Waals surface area contributed by atoms with Gasteiger partial charge in [0.15, 0.2) is 0 Å². The third-order valence-electron chi connectivity index (χ3n) is 2.90. The van der Waals surface area contributed by atoms with Gasteiger partial charge in [0.2, 0.25) is 0 Å². The van der Waals surface area contributed by atoms with Crippen LogP contribution in [0.5, 0.6) is 0 Å². The molecule has 0 fully saturated rings. The molecule has 1 aromatic heterocycles. The molecule has 0 aromatic carbocycles. The summed E-state index contributed by atoms with van der Waals surface area (Å²) in [6, 6.07) is 4.62. The Balaban J connectivity index is 2.79. The van der Waals surface area contributed by atoms with Gasteiger partial charge in [0.1, 0.15) is 0 Å². The molecule has 2 unspecified atom stereocenters. The first-order chi connectivity index (χ1) is 7.06. The highest BCUT2D eigenvalue weighted by atomic mass is 15.1. The zero-order valence-corrected chi connectivity index (χ0v) is 10.1. The van der Waals surface area contributed by atoms with E-state index >= 15 is 0 Å². The number of aromatic nitrogens is 1. The summed E-state index contributed by atoms with van der Waals surface area (Å²) in [6.45, 7) is 6.34. The Bertz CT molecular complexity index is 292. The van der Waals surface area contributed by atoms with Crippen LogP contribution in [0.3, 0.4) is 0 Å². The predicted molar refractivity (Wildman–Crippen MR) is 65.0 cm³/mol. The SMILES string of the molecule is CCC(C)N(C)c1ccc(C(C)N)nc1. The van der Waals surface area contributed by atoms with E-state index < -0.39 is 0 Å². The quantitative estimate of drug-likeness (QED) is 0.824. The molecule has 0 aliphatic rings. The first-order valence-electron chi connectivity index (χ1n) is 5.50. The van der Waals surface area contributed by atoms with E-state index in [1.807, 2.05) is 19.2 Å². The van der Waals surface area contributed by atoms with Crippen LogP contribution in [0.4, 0.5) is 5.69 Å². The summed E-state index contributed by atoms with van der Waals surface area (Å²) < 4.78 is 0. The number of pyridine rings is 1. The Kier molecular flexibility index (Phi) is 4.09. The van der Waals surface area contributed by atoms with Gasteiger partial charge in [0, 0.05) is 19.1 Å². The molecule has 1 heterocycles. The van der Waals surface area contributed by atoms with Crippen molar-refractivity contribution in [3.8, 4) is 0 Å². The molecule has 2 N–H and O–H groups in total. The molecule has 1 rings (SSSR count). The lowest BCUT2D eigenvalue weighted by Gasteiger charge is -2.25. The largest absolute Gasteiger partial charge is 0.371 e.